The molecule has 1 saturated heterocycles. The first-order valence-electron chi connectivity index (χ1n) is 36.6. The second-order valence-corrected chi connectivity index (χ2v) is 25.7. The first-order valence-corrected chi connectivity index (χ1v) is 36.6. The van der Waals surface area contributed by atoms with Gasteiger partial charge in [0.05, 0.1) is 25.4 Å². The predicted molar refractivity (Wildman–Crippen MR) is 350 cm³/mol. The molecule has 9 heteroatoms. The van der Waals surface area contributed by atoms with Gasteiger partial charge >= 0.3 is 0 Å². The quantitative estimate of drug-likeness (QED) is 0.0261. The molecule has 0 bridgehead atoms. The van der Waals surface area contributed by atoms with Crippen molar-refractivity contribution in [2.75, 3.05) is 13.2 Å². The lowest BCUT2D eigenvalue weighted by molar-refractivity contribution is -0.302. The van der Waals surface area contributed by atoms with E-state index in [1.807, 2.05) is 6.08 Å². The van der Waals surface area contributed by atoms with Crippen molar-refractivity contribution in [2.24, 2.45) is 0 Å². The van der Waals surface area contributed by atoms with E-state index in [9.17, 15) is 30.3 Å². The average Bonchev–Trinajstić information content (AvgIpc) is 3.53. The fraction of sp³-hybridized carbons (Fsp3) is 0.932. The molecule has 0 aromatic heterocycles. The fourth-order valence-corrected chi connectivity index (χ4v) is 12.0. The summed E-state index contributed by atoms with van der Waals surface area (Å²) < 4.78 is 11.3. The molecule has 0 spiro atoms. The first-order chi connectivity index (χ1) is 40.3. The summed E-state index contributed by atoms with van der Waals surface area (Å²) in [6.07, 6.45) is 75.8. The van der Waals surface area contributed by atoms with Crippen molar-refractivity contribution in [3.63, 3.8) is 0 Å². The average molecular weight is 1160 g/mol. The number of hydrogen-bond donors (Lipinski definition) is 6. The largest absolute Gasteiger partial charge is 0.394 e. The van der Waals surface area contributed by atoms with Crippen molar-refractivity contribution in [1.29, 1.82) is 0 Å². The van der Waals surface area contributed by atoms with E-state index in [-0.39, 0.29) is 12.5 Å². The van der Waals surface area contributed by atoms with E-state index in [0.29, 0.717) is 6.42 Å². The Morgan fingerprint density at radius 2 is 0.683 bits per heavy atom. The Balaban J connectivity index is 2.10. The Morgan fingerprint density at radius 3 is 0.988 bits per heavy atom. The Kier molecular flexibility index (Phi) is 60.2. The minimum absolute atomic E-state index is 0.169. The van der Waals surface area contributed by atoms with E-state index in [4.69, 9.17) is 9.47 Å². The standard InChI is InChI=1S/C73H141NO8/c1-3-5-7-9-11-13-15-17-19-21-23-25-27-29-31-32-33-34-35-37-38-40-42-44-46-48-50-52-54-56-58-60-62-67(76)66(65-81-73-72(80)71(79)70(78)68(64-75)82-73)74-69(77)63-61-59-57-55-53-51-49-47-45-43-41-39-36-30-28-26-24-22-20-18-16-14-12-10-8-6-4-2/h22,24,60,62,66-68,70-73,75-76,78-80H,3-21,23,25-59,61,63-65H2,1-2H3,(H,74,77)/b24-22-,62-60+. The maximum Gasteiger partial charge on any atom is 0.220 e. The highest BCUT2D eigenvalue weighted by Gasteiger charge is 2.44. The van der Waals surface area contributed by atoms with Crippen molar-refractivity contribution in [3.8, 4) is 0 Å². The highest BCUT2D eigenvalue weighted by Crippen LogP contribution is 2.24. The molecule has 6 N–H and O–H groups in total. The minimum Gasteiger partial charge on any atom is -0.394 e. The van der Waals surface area contributed by atoms with Gasteiger partial charge in [0.1, 0.15) is 24.4 Å². The molecule has 1 rings (SSSR count). The van der Waals surface area contributed by atoms with Gasteiger partial charge in [0.2, 0.25) is 5.91 Å². The maximum absolute atomic E-state index is 13.1. The number of rotatable bonds is 65. The number of amides is 1. The van der Waals surface area contributed by atoms with Gasteiger partial charge in [-0.15, -0.1) is 0 Å². The Labute approximate surface area is 509 Å². The van der Waals surface area contributed by atoms with Crippen LogP contribution in [-0.2, 0) is 14.3 Å². The van der Waals surface area contributed by atoms with E-state index >= 15 is 0 Å². The third-order valence-corrected chi connectivity index (χ3v) is 17.8. The van der Waals surface area contributed by atoms with Crippen LogP contribution in [0.2, 0.25) is 0 Å². The van der Waals surface area contributed by atoms with Gasteiger partial charge in [-0.25, -0.2) is 0 Å². The number of carbonyl (C=O) groups is 1. The molecule has 82 heavy (non-hydrogen) atoms. The molecule has 486 valence electrons. The number of hydrogen-bond acceptors (Lipinski definition) is 8. The highest BCUT2D eigenvalue weighted by atomic mass is 16.7. The summed E-state index contributed by atoms with van der Waals surface area (Å²) in [6, 6.07) is -0.805. The number of ether oxygens (including phenoxy) is 2. The molecule has 1 aliphatic rings. The third-order valence-electron chi connectivity index (χ3n) is 17.8. The van der Waals surface area contributed by atoms with Crippen LogP contribution >= 0.6 is 0 Å². The van der Waals surface area contributed by atoms with E-state index in [1.54, 1.807) is 6.08 Å². The van der Waals surface area contributed by atoms with Crippen LogP contribution in [0, 0.1) is 0 Å². The third kappa shape index (κ3) is 50.8. The van der Waals surface area contributed by atoms with Gasteiger partial charge in [0.15, 0.2) is 6.29 Å². The number of nitrogens with one attached hydrogen (secondary N) is 1. The molecule has 7 unspecified atom stereocenters. The highest BCUT2D eigenvalue weighted by molar-refractivity contribution is 5.76. The smallest absolute Gasteiger partial charge is 0.220 e. The lowest BCUT2D eigenvalue weighted by Gasteiger charge is -2.40. The zero-order valence-electron chi connectivity index (χ0n) is 54.5. The molecule has 1 aliphatic heterocycles. The summed E-state index contributed by atoms with van der Waals surface area (Å²) in [5.41, 5.74) is 0. The van der Waals surface area contributed by atoms with Crippen LogP contribution < -0.4 is 5.32 Å². The van der Waals surface area contributed by atoms with Crippen molar-refractivity contribution in [3.05, 3.63) is 24.3 Å². The van der Waals surface area contributed by atoms with Gasteiger partial charge in [-0.3, -0.25) is 4.79 Å². The van der Waals surface area contributed by atoms with E-state index in [2.05, 4.69) is 31.3 Å². The maximum atomic E-state index is 13.1. The fourth-order valence-electron chi connectivity index (χ4n) is 12.0. The van der Waals surface area contributed by atoms with E-state index in [0.717, 1.165) is 38.5 Å². The molecular weight excluding hydrogens is 1020 g/mol. The molecule has 0 aromatic carbocycles. The zero-order valence-corrected chi connectivity index (χ0v) is 54.5. The number of carbonyl (C=O) groups excluding carboxylic acids is 1. The SMILES string of the molecule is CCCCCCCCCC/C=C\CCCCCCCCCCCCCCCCCC(=O)NC(COC1OC(CO)C(O)C(O)C1O)C(O)/C=C/CCCCCCCCCCCCCCCCCCCCCCCCCCCCCCCC. The minimum atomic E-state index is -1.57. The van der Waals surface area contributed by atoms with Gasteiger partial charge in [0, 0.05) is 6.42 Å². The van der Waals surface area contributed by atoms with Crippen molar-refractivity contribution < 1.29 is 39.8 Å². The van der Waals surface area contributed by atoms with Crippen LogP contribution in [0.25, 0.3) is 0 Å². The summed E-state index contributed by atoms with van der Waals surface area (Å²) in [5, 5.41) is 54.8. The lowest BCUT2D eigenvalue weighted by atomic mass is 9.99. The van der Waals surface area contributed by atoms with Crippen LogP contribution in [0.3, 0.4) is 0 Å². The zero-order chi connectivity index (χ0) is 59.3. The summed E-state index contributed by atoms with van der Waals surface area (Å²) in [7, 11) is 0. The van der Waals surface area contributed by atoms with Gasteiger partial charge in [-0.1, -0.05) is 353 Å². The summed E-state index contributed by atoms with van der Waals surface area (Å²) in [5.74, 6) is -0.169. The van der Waals surface area contributed by atoms with Crippen LogP contribution in [0.1, 0.15) is 380 Å². The number of aliphatic hydroxyl groups excluding tert-OH is 5. The number of unbranched alkanes of at least 4 members (excludes halogenated alkanes) is 53. The van der Waals surface area contributed by atoms with Gasteiger partial charge < -0.3 is 40.3 Å². The van der Waals surface area contributed by atoms with Gasteiger partial charge in [-0.05, 0) is 44.9 Å². The van der Waals surface area contributed by atoms with Crippen LogP contribution in [-0.4, -0.2) is 87.5 Å². The summed E-state index contributed by atoms with van der Waals surface area (Å²) in [6.45, 7) is 3.84. The van der Waals surface area contributed by atoms with Crippen LogP contribution in [0.15, 0.2) is 24.3 Å². The van der Waals surface area contributed by atoms with Gasteiger partial charge in [-0.2, -0.15) is 0 Å². The Hall–Kier alpha value is -1.33. The van der Waals surface area contributed by atoms with E-state index < -0.39 is 49.5 Å². The molecule has 1 amide bonds. The normalized spacial score (nSPS) is 18.4. The molecule has 9 nitrogen and oxygen atoms in total. The topological polar surface area (TPSA) is 149 Å². The molecule has 1 heterocycles. The Bertz CT molecular complexity index is 1340. The molecule has 0 aromatic rings. The molecule has 0 radical (unpaired) electrons. The van der Waals surface area contributed by atoms with Crippen molar-refractivity contribution in [2.45, 2.75) is 423 Å². The second kappa shape index (κ2) is 62.7. The first kappa shape index (κ1) is 78.7. The summed E-state index contributed by atoms with van der Waals surface area (Å²) in [4.78, 5) is 13.1. The van der Waals surface area contributed by atoms with Crippen molar-refractivity contribution >= 4 is 5.91 Å². The lowest BCUT2D eigenvalue weighted by Crippen LogP contribution is -2.60. The second-order valence-electron chi connectivity index (χ2n) is 25.7. The Morgan fingerprint density at radius 1 is 0.402 bits per heavy atom. The number of allylic oxidation sites excluding steroid dienone is 3. The monoisotopic (exact) mass is 1160 g/mol. The molecule has 1 fully saturated rings. The molecule has 7 atom stereocenters. The van der Waals surface area contributed by atoms with Crippen LogP contribution in [0.5, 0.6) is 0 Å². The number of aliphatic hydroxyl groups is 5. The molecular formula is C73H141NO8. The van der Waals surface area contributed by atoms with Gasteiger partial charge in [0.25, 0.3) is 0 Å². The van der Waals surface area contributed by atoms with E-state index in [1.165, 1.54) is 321 Å². The van der Waals surface area contributed by atoms with Crippen LogP contribution in [0.4, 0.5) is 0 Å². The van der Waals surface area contributed by atoms with Crippen molar-refractivity contribution in [1.82, 2.24) is 5.32 Å². The predicted octanol–water partition coefficient (Wildman–Crippen LogP) is 20.0. The summed E-state index contributed by atoms with van der Waals surface area (Å²) >= 11 is 0. The molecule has 0 saturated carbocycles. The molecule has 0 aliphatic carbocycles.